The van der Waals surface area contributed by atoms with Crippen LogP contribution < -0.4 is 0 Å². The van der Waals surface area contributed by atoms with Crippen LogP contribution in [0.15, 0.2) is 24.3 Å². The van der Waals surface area contributed by atoms with Crippen LogP contribution in [0.3, 0.4) is 0 Å². The molecule has 1 aromatic rings. The van der Waals surface area contributed by atoms with E-state index in [1.54, 1.807) is 0 Å². The Morgan fingerprint density at radius 2 is 2.00 bits per heavy atom. The molecule has 2 heteroatoms. The van der Waals surface area contributed by atoms with Crippen LogP contribution in [0.4, 0.5) is 0 Å². The second-order valence-corrected chi connectivity index (χ2v) is 3.94. The quantitative estimate of drug-likeness (QED) is 0.685. The molecular formula is C9H10OSe. The van der Waals surface area contributed by atoms with Gasteiger partial charge in [-0.2, -0.15) is 0 Å². The summed E-state index contributed by atoms with van der Waals surface area (Å²) < 4.78 is 0.288. The molecule has 1 rings (SSSR count). The Kier molecular flexibility index (Phi) is 2.86. The van der Waals surface area contributed by atoms with Gasteiger partial charge in [-0.15, -0.1) is 0 Å². The van der Waals surface area contributed by atoms with E-state index in [0.717, 1.165) is 11.1 Å². The molecule has 0 fully saturated rings. The average molecular weight is 213 g/mol. The Bertz CT molecular complexity index is 268. The number of carbonyl (C=O) groups excluding carboxylic acids is 1. The van der Waals surface area contributed by atoms with Gasteiger partial charge in [0.1, 0.15) is 0 Å². The van der Waals surface area contributed by atoms with Gasteiger partial charge in [0.05, 0.1) is 0 Å². The SMILES string of the molecule is C[Se]C(=O)c1ccccc1C. The van der Waals surface area contributed by atoms with Gasteiger partial charge >= 0.3 is 72.6 Å². The Labute approximate surface area is 73.0 Å². The van der Waals surface area contributed by atoms with Gasteiger partial charge in [0.15, 0.2) is 0 Å². The Balaban J connectivity index is 3.03. The zero-order valence-electron chi connectivity index (χ0n) is 6.63. The van der Waals surface area contributed by atoms with Crippen LogP contribution in [0, 0.1) is 6.92 Å². The standard InChI is InChI=1S/C9H10OSe/c1-7-5-3-4-6-8(7)9(10)11-2/h3-6H,1-2H3. The molecule has 0 saturated heterocycles. The van der Waals surface area contributed by atoms with Crippen LogP contribution >= 0.6 is 0 Å². The summed E-state index contributed by atoms with van der Waals surface area (Å²) in [5.74, 6) is 1.95. The van der Waals surface area contributed by atoms with Gasteiger partial charge < -0.3 is 0 Å². The van der Waals surface area contributed by atoms with E-state index in [0.29, 0.717) is 0 Å². The number of aryl methyl sites for hydroxylation is 1. The Hall–Kier alpha value is -0.591. The van der Waals surface area contributed by atoms with Crippen molar-refractivity contribution in [3.63, 3.8) is 0 Å². The first-order chi connectivity index (χ1) is 5.25. The first-order valence-corrected chi connectivity index (χ1v) is 5.96. The molecule has 0 N–H and O–H groups in total. The van der Waals surface area contributed by atoms with Crippen LogP contribution in [0.5, 0.6) is 0 Å². The number of rotatable bonds is 2. The summed E-state index contributed by atoms with van der Waals surface area (Å²) in [7, 11) is 0. The molecule has 0 spiro atoms. The third kappa shape index (κ3) is 1.92. The van der Waals surface area contributed by atoms with E-state index < -0.39 is 0 Å². The van der Waals surface area contributed by atoms with Crippen molar-refractivity contribution in [1.82, 2.24) is 0 Å². The predicted molar refractivity (Wildman–Crippen MR) is 47.1 cm³/mol. The number of hydrogen-bond donors (Lipinski definition) is 0. The minimum atomic E-state index is 0.0894. The molecule has 0 bridgehead atoms. The monoisotopic (exact) mass is 214 g/mol. The van der Waals surface area contributed by atoms with E-state index in [2.05, 4.69) is 0 Å². The van der Waals surface area contributed by atoms with Crippen molar-refractivity contribution in [2.24, 2.45) is 0 Å². The van der Waals surface area contributed by atoms with Crippen LogP contribution in [-0.2, 0) is 0 Å². The third-order valence-electron chi connectivity index (χ3n) is 1.55. The van der Waals surface area contributed by atoms with Gasteiger partial charge in [0.25, 0.3) is 0 Å². The first-order valence-electron chi connectivity index (χ1n) is 3.39. The summed E-state index contributed by atoms with van der Waals surface area (Å²) in [6.07, 6.45) is 0. The third-order valence-corrected chi connectivity index (χ3v) is 2.79. The van der Waals surface area contributed by atoms with Crippen molar-refractivity contribution < 1.29 is 4.79 Å². The Morgan fingerprint density at radius 1 is 1.36 bits per heavy atom. The second-order valence-electron chi connectivity index (χ2n) is 2.31. The van der Waals surface area contributed by atoms with Crippen molar-refractivity contribution in [2.75, 3.05) is 0 Å². The molecule has 0 atom stereocenters. The normalized spacial score (nSPS) is 9.64. The summed E-state index contributed by atoms with van der Waals surface area (Å²) >= 11 is 0.0894. The predicted octanol–water partition coefficient (Wildman–Crippen LogP) is 1.89. The first kappa shape index (κ1) is 8.51. The van der Waals surface area contributed by atoms with Gasteiger partial charge in [-0.3, -0.25) is 0 Å². The molecule has 0 saturated carbocycles. The van der Waals surface area contributed by atoms with E-state index in [1.807, 2.05) is 37.0 Å². The molecule has 1 nitrogen and oxygen atoms in total. The van der Waals surface area contributed by atoms with Crippen molar-refractivity contribution in [3.8, 4) is 0 Å². The number of benzene rings is 1. The fraction of sp³-hybridized carbons (Fsp3) is 0.222. The van der Waals surface area contributed by atoms with Gasteiger partial charge in [-0.1, -0.05) is 0 Å². The molecule has 0 amide bonds. The molecule has 58 valence electrons. The Morgan fingerprint density at radius 3 is 2.55 bits per heavy atom. The fourth-order valence-electron chi connectivity index (χ4n) is 0.912. The zero-order valence-corrected chi connectivity index (χ0v) is 8.34. The van der Waals surface area contributed by atoms with Gasteiger partial charge in [-0.25, -0.2) is 0 Å². The molecule has 0 heterocycles. The summed E-state index contributed by atoms with van der Waals surface area (Å²) in [6, 6.07) is 7.72. The van der Waals surface area contributed by atoms with Crippen molar-refractivity contribution in [3.05, 3.63) is 35.4 Å². The molecule has 0 aromatic heterocycles. The average Bonchev–Trinajstić information content (AvgIpc) is 2.04. The van der Waals surface area contributed by atoms with Gasteiger partial charge in [-0.05, 0) is 0 Å². The molecule has 1 aromatic carbocycles. The van der Waals surface area contributed by atoms with E-state index >= 15 is 0 Å². The van der Waals surface area contributed by atoms with Crippen molar-refractivity contribution in [1.29, 1.82) is 0 Å². The van der Waals surface area contributed by atoms with Crippen LogP contribution in [0.2, 0.25) is 5.82 Å². The van der Waals surface area contributed by atoms with E-state index in [-0.39, 0.29) is 19.6 Å². The summed E-state index contributed by atoms with van der Waals surface area (Å²) in [5, 5.41) is 0. The topological polar surface area (TPSA) is 17.1 Å². The van der Waals surface area contributed by atoms with Gasteiger partial charge in [0.2, 0.25) is 0 Å². The molecule has 0 aliphatic heterocycles. The van der Waals surface area contributed by atoms with Crippen LogP contribution in [0.1, 0.15) is 15.9 Å². The van der Waals surface area contributed by atoms with Gasteiger partial charge in [0, 0.05) is 0 Å². The second kappa shape index (κ2) is 3.70. The zero-order chi connectivity index (χ0) is 8.27. The van der Waals surface area contributed by atoms with Crippen LogP contribution in [0.25, 0.3) is 0 Å². The maximum absolute atomic E-state index is 11.3. The molecular weight excluding hydrogens is 203 g/mol. The maximum atomic E-state index is 11.3. The minimum absolute atomic E-state index is 0.0894. The molecule has 0 aliphatic carbocycles. The number of hydrogen-bond acceptors (Lipinski definition) is 1. The summed E-state index contributed by atoms with van der Waals surface area (Å²) in [5.41, 5.74) is 1.97. The summed E-state index contributed by atoms with van der Waals surface area (Å²) in [4.78, 5) is 11.3. The fourth-order valence-corrected chi connectivity index (χ4v) is 1.85. The summed E-state index contributed by atoms with van der Waals surface area (Å²) in [6.45, 7) is 1.97. The van der Waals surface area contributed by atoms with Crippen molar-refractivity contribution in [2.45, 2.75) is 12.7 Å². The molecule has 11 heavy (non-hydrogen) atoms. The van der Waals surface area contributed by atoms with E-state index in [4.69, 9.17) is 0 Å². The molecule has 0 radical (unpaired) electrons. The van der Waals surface area contributed by atoms with E-state index in [1.165, 1.54) is 0 Å². The van der Waals surface area contributed by atoms with Crippen LogP contribution in [-0.4, -0.2) is 19.6 Å². The molecule has 0 unspecified atom stereocenters. The van der Waals surface area contributed by atoms with Crippen molar-refractivity contribution >= 4 is 19.6 Å². The molecule has 0 aliphatic rings. The van der Waals surface area contributed by atoms with E-state index in [9.17, 15) is 4.79 Å². The number of carbonyl (C=O) groups is 1.